The smallest absolute Gasteiger partial charge is 0.251 e. The SMILES string of the molecule is COc1ccc(CN2CCC(NC(=O)c3ccc(Nc4ncccn4)cc3)CC2)cc1OC. The van der Waals surface area contributed by atoms with Crippen LogP contribution in [0.5, 0.6) is 11.5 Å². The quantitative estimate of drug-likeness (QED) is 0.545. The minimum absolute atomic E-state index is 0.0455. The van der Waals surface area contributed by atoms with Crippen LogP contribution in [0.4, 0.5) is 11.6 Å². The van der Waals surface area contributed by atoms with Crippen LogP contribution in [0.15, 0.2) is 60.9 Å². The van der Waals surface area contributed by atoms with Crippen LogP contribution >= 0.6 is 0 Å². The molecule has 0 bridgehead atoms. The highest BCUT2D eigenvalue weighted by Crippen LogP contribution is 2.28. The largest absolute Gasteiger partial charge is 0.493 e. The first-order valence-corrected chi connectivity index (χ1v) is 11.0. The zero-order valence-electron chi connectivity index (χ0n) is 19.0. The average molecular weight is 448 g/mol. The van der Waals surface area contributed by atoms with Crippen molar-refractivity contribution in [1.82, 2.24) is 20.2 Å². The van der Waals surface area contributed by atoms with Crippen LogP contribution < -0.4 is 20.1 Å². The molecule has 1 amide bonds. The number of likely N-dealkylation sites (tertiary alicyclic amines) is 1. The number of anilines is 2. The molecule has 33 heavy (non-hydrogen) atoms. The van der Waals surface area contributed by atoms with E-state index in [1.165, 1.54) is 5.56 Å². The Bertz CT molecular complexity index is 1050. The predicted octanol–water partition coefficient (Wildman–Crippen LogP) is 3.63. The summed E-state index contributed by atoms with van der Waals surface area (Å²) in [6, 6.07) is 15.3. The van der Waals surface area contributed by atoms with Crippen LogP contribution in [0.2, 0.25) is 0 Å². The normalized spacial score (nSPS) is 14.5. The third kappa shape index (κ3) is 5.98. The number of piperidine rings is 1. The van der Waals surface area contributed by atoms with Crippen molar-refractivity contribution in [2.75, 3.05) is 32.6 Å². The van der Waals surface area contributed by atoms with Crippen molar-refractivity contribution in [3.8, 4) is 11.5 Å². The average Bonchev–Trinajstić information content (AvgIpc) is 2.86. The topological polar surface area (TPSA) is 88.6 Å². The Morgan fingerprint density at radius 3 is 2.36 bits per heavy atom. The van der Waals surface area contributed by atoms with Gasteiger partial charge in [0.15, 0.2) is 11.5 Å². The predicted molar refractivity (Wildman–Crippen MR) is 127 cm³/mol. The molecule has 4 rings (SSSR count). The molecule has 0 unspecified atom stereocenters. The Morgan fingerprint density at radius 1 is 1.00 bits per heavy atom. The molecule has 2 heterocycles. The van der Waals surface area contributed by atoms with Crippen molar-refractivity contribution in [2.24, 2.45) is 0 Å². The van der Waals surface area contributed by atoms with E-state index in [-0.39, 0.29) is 11.9 Å². The van der Waals surface area contributed by atoms with Crippen molar-refractivity contribution in [1.29, 1.82) is 0 Å². The Labute approximate surface area is 194 Å². The fraction of sp³-hybridized carbons (Fsp3) is 0.320. The van der Waals surface area contributed by atoms with E-state index < -0.39 is 0 Å². The molecule has 0 aliphatic carbocycles. The number of carbonyl (C=O) groups excluding carboxylic acids is 1. The van der Waals surface area contributed by atoms with Crippen molar-refractivity contribution < 1.29 is 14.3 Å². The van der Waals surface area contributed by atoms with E-state index in [1.54, 1.807) is 32.7 Å². The summed E-state index contributed by atoms with van der Waals surface area (Å²) in [4.78, 5) is 23.4. The molecule has 1 fully saturated rings. The van der Waals surface area contributed by atoms with Gasteiger partial charge in [-0.3, -0.25) is 9.69 Å². The lowest BCUT2D eigenvalue weighted by Gasteiger charge is -2.32. The second-order valence-electron chi connectivity index (χ2n) is 7.99. The van der Waals surface area contributed by atoms with Gasteiger partial charge in [-0.2, -0.15) is 0 Å². The lowest BCUT2D eigenvalue weighted by molar-refractivity contribution is 0.0909. The molecule has 0 atom stereocenters. The maximum atomic E-state index is 12.7. The standard InChI is InChI=1S/C25H29N5O3/c1-32-22-9-4-18(16-23(22)33-2)17-30-14-10-21(11-15-30)28-24(31)19-5-7-20(8-6-19)29-25-26-12-3-13-27-25/h3-9,12-13,16,21H,10-11,14-15,17H2,1-2H3,(H,28,31)(H,26,27,29). The van der Waals surface area contributed by atoms with Crippen LogP contribution in [-0.4, -0.2) is 54.1 Å². The molecule has 0 spiro atoms. The number of aromatic nitrogens is 2. The van der Waals surface area contributed by atoms with Gasteiger partial charge >= 0.3 is 0 Å². The fourth-order valence-electron chi connectivity index (χ4n) is 3.94. The summed E-state index contributed by atoms with van der Waals surface area (Å²) in [6.45, 7) is 2.71. The van der Waals surface area contributed by atoms with Crippen molar-refractivity contribution in [2.45, 2.75) is 25.4 Å². The number of hydrogen-bond acceptors (Lipinski definition) is 7. The minimum Gasteiger partial charge on any atom is -0.493 e. The van der Waals surface area contributed by atoms with E-state index in [0.29, 0.717) is 11.5 Å². The van der Waals surface area contributed by atoms with Gasteiger partial charge in [0.05, 0.1) is 14.2 Å². The van der Waals surface area contributed by atoms with Gasteiger partial charge in [-0.25, -0.2) is 9.97 Å². The molecule has 8 heteroatoms. The van der Waals surface area contributed by atoms with Crippen LogP contribution in [0.25, 0.3) is 0 Å². The summed E-state index contributed by atoms with van der Waals surface area (Å²) in [6.07, 6.45) is 5.20. The molecular formula is C25H29N5O3. The number of ether oxygens (including phenoxy) is 2. The Morgan fingerprint density at radius 2 is 1.70 bits per heavy atom. The molecule has 172 valence electrons. The van der Waals surface area contributed by atoms with Gasteiger partial charge in [-0.1, -0.05) is 6.07 Å². The van der Waals surface area contributed by atoms with Gasteiger partial charge in [-0.15, -0.1) is 0 Å². The minimum atomic E-state index is -0.0455. The number of hydrogen-bond donors (Lipinski definition) is 2. The maximum absolute atomic E-state index is 12.7. The zero-order valence-corrected chi connectivity index (χ0v) is 19.0. The highest BCUT2D eigenvalue weighted by Gasteiger charge is 2.21. The summed E-state index contributed by atoms with van der Waals surface area (Å²) in [5.41, 5.74) is 2.66. The van der Waals surface area contributed by atoms with Gasteiger partial charge in [-0.05, 0) is 60.9 Å². The van der Waals surface area contributed by atoms with E-state index in [0.717, 1.165) is 49.7 Å². The van der Waals surface area contributed by atoms with Crippen LogP contribution in [-0.2, 0) is 6.54 Å². The van der Waals surface area contributed by atoms with Gasteiger partial charge in [0, 0.05) is 49.3 Å². The highest BCUT2D eigenvalue weighted by atomic mass is 16.5. The maximum Gasteiger partial charge on any atom is 0.251 e. The summed E-state index contributed by atoms with van der Waals surface area (Å²) < 4.78 is 10.7. The molecule has 2 N–H and O–H groups in total. The monoisotopic (exact) mass is 447 g/mol. The Kier molecular flexibility index (Phi) is 7.36. The second-order valence-corrected chi connectivity index (χ2v) is 7.99. The van der Waals surface area contributed by atoms with Crippen molar-refractivity contribution in [3.05, 3.63) is 72.1 Å². The van der Waals surface area contributed by atoms with Crippen LogP contribution in [0.3, 0.4) is 0 Å². The summed E-state index contributed by atoms with van der Waals surface area (Å²) in [5.74, 6) is 1.96. The van der Waals surface area contributed by atoms with Crippen LogP contribution in [0.1, 0.15) is 28.8 Å². The molecule has 8 nitrogen and oxygen atoms in total. The van der Waals surface area contributed by atoms with E-state index in [2.05, 4.69) is 31.6 Å². The lowest BCUT2D eigenvalue weighted by atomic mass is 10.0. The van der Waals surface area contributed by atoms with Crippen molar-refractivity contribution in [3.63, 3.8) is 0 Å². The van der Waals surface area contributed by atoms with E-state index in [1.807, 2.05) is 36.4 Å². The number of nitrogens with one attached hydrogen (secondary N) is 2. The first-order valence-electron chi connectivity index (χ1n) is 11.0. The van der Waals surface area contributed by atoms with Gasteiger partial charge in [0.2, 0.25) is 5.95 Å². The second kappa shape index (κ2) is 10.8. The van der Waals surface area contributed by atoms with Gasteiger partial charge < -0.3 is 20.1 Å². The Hall–Kier alpha value is -3.65. The molecule has 1 aliphatic heterocycles. The summed E-state index contributed by atoms with van der Waals surface area (Å²) in [5, 5.41) is 6.29. The molecule has 0 radical (unpaired) electrons. The summed E-state index contributed by atoms with van der Waals surface area (Å²) in [7, 11) is 3.29. The van der Waals surface area contributed by atoms with E-state index >= 15 is 0 Å². The molecule has 1 aliphatic rings. The molecule has 3 aromatic rings. The van der Waals surface area contributed by atoms with E-state index in [4.69, 9.17) is 9.47 Å². The molecule has 1 saturated heterocycles. The molecule has 0 saturated carbocycles. The van der Waals surface area contributed by atoms with Gasteiger partial charge in [0.25, 0.3) is 5.91 Å². The molecular weight excluding hydrogens is 418 g/mol. The first kappa shape index (κ1) is 22.5. The van der Waals surface area contributed by atoms with Gasteiger partial charge in [0.1, 0.15) is 0 Å². The van der Waals surface area contributed by atoms with Crippen molar-refractivity contribution >= 4 is 17.5 Å². The number of benzene rings is 2. The molecule has 2 aromatic carbocycles. The fourth-order valence-corrected chi connectivity index (χ4v) is 3.94. The third-order valence-corrected chi connectivity index (χ3v) is 5.75. The summed E-state index contributed by atoms with van der Waals surface area (Å²) >= 11 is 0. The Balaban J connectivity index is 1.25. The number of nitrogens with zero attached hydrogens (tertiary/aromatic N) is 3. The van der Waals surface area contributed by atoms with Crippen LogP contribution in [0, 0.1) is 0 Å². The zero-order chi connectivity index (χ0) is 23.0. The lowest BCUT2D eigenvalue weighted by Crippen LogP contribution is -2.44. The van der Waals surface area contributed by atoms with E-state index in [9.17, 15) is 4.79 Å². The first-order chi connectivity index (χ1) is 16.1. The number of carbonyl (C=O) groups is 1. The number of rotatable bonds is 8. The number of amides is 1. The number of methoxy groups -OCH3 is 2. The third-order valence-electron chi connectivity index (χ3n) is 5.75. The molecule has 1 aromatic heterocycles. The highest BCUT2D eigenvalue weighted by molar-refractivity contribution is 5.94.